The summed E-state index contributed by atoms with van der Waals surface area (Å²) in [6.45, 7) is 9.30. The topological polar surface area (TPSA) is 93.2 Å². The van der Waals surface area contributed by atoms with Crippen LogP contribution in [0, 0.1) is 19.8 Å². The van der Waals surface area contributed by atoms with E-state index in [1.807, 2.05) is 38.1 Å². The molecule has 0 saturated heterocycles. The summed E-state index contributed by atoms with van der Waals surface area (Å²) in [5.41, 5.74) is 4.52. The molecular formula is C25H30N4O3S. The van der Waals surface area contributed by atoms with E-state index in [1.54, 1.807) is 24.3 Å². The van der Waals surface area contributed by atoms with Crippen molar-refractivity contribution < 1.29 is 13.2 Å². The molecule has 1 aliphatic rings. The molecule has 174 valence electrons. The second kappa shape index (κ2) is 9.49. The number of nitrogens with one attached hydrogen (secondary N) is 2. The quantitative estimate of drug-likeness (QED) is 0.592. The molecule has 4 rings (SSSR count). The minimum atomic E-state index is -3.87. The molecule has 0 amide bonds. The second-order valence-electron chi connectivity index (χ2n) is 8.95. The van der Waals surface area contributed by atoms with E-state index in [1.165, 1.54) is 0 Å². The van der Waals surface area contributed by atoms with E-state index in [0.717, 1.165) is 28.7 Å². The molecule has 4 bridgehead atoms. The van der Waals surface area contributed by atoms with Crippen molar-refractivity contribution in [1.82, 2.24) is 15.3 Å². The molecule has 1 atom stereocenters. The van der Waals surface area contributed by atoms with Crippen LogP contribution in [0.2, 0.25) is 0 Å². The number of anilines is 1. The molecule has 0 aliphatic carbocycles. The SMILES string of the molecule is Cc1cccc(C)c1-c1cc2nc(n1)NS(=O)(=O)c1cccc(c1)CN[C@H](CC(C)C)CO2. The maximum Gasteiger partial charge on any atom is 0.264 e. The lowest BCUT2D eigenvalue weighted by atomic mass is 10.00. The van der Waals surface area contributed by atoms with Gasteiger partial charge in [0.1, 0.15) is 6.61 Å². The Kier molecular flexibility index (Phi) is 6.67. The van der Waals surface area contributed by atoms with Gasteiger partial charge in [-0.15, -0.1) is 0 Å². The van der Waals surface area contributed by atoms with Gasteiger partial charge < -0.3 is 10.1 Å². The third-order valence-electron chi connectivity index (χ3n) is 5.66. The monoisotopic (exact) mass is 466 g/mol. The van der Waals surface area contributed by atoms with E-state index in [2.05, 4.69) is 33.9 Å². The minimum Gasteiger partial charge on any atom is -0.476 e. The van der Waals surface area contributed by atoms with Gasteiger partial charge in [-0.1, -0.05) is 44.2 Å². The van der Waals surface area contributed by atoms with Gasteiger partial charge in [0.25, 0.3) is 10.0 Å². The number of fused-ring (bicyclic) bond motifs is 4. The maximum atomic E-state index is 13.1. The van der Waals surface area contributed by atoms with E-state index < -0.39 is 10.0 Å². The molecule has 33 heavy (non-hydrogen) atoms. The first-order valence-corrected chi connectivity index (χ1v) is 12.6. The van der Waals surface area contributed by atoms with Gasteiger partial charge in [0.2, 0.25) is 11.8 Å². The van der Waals surface area contributed by atoms with Crippen molar-refractivity contribution in [2.75, 3.05) is 11.3 Å². The number of aryl methyl sites for hydroxylation is 2. The highest BCUT2D eigenvalue weighted by atomic mass is 32.2. The standard InChI is InChI=1S/C25H30N4O3S/c1-16(2)11-20-15-32-23-13-22(24-17(3)7-5-8-18(24)4)27-25(28-23)29-33(30,31)21-10-6-9-19(12-21)14-26-20/h5-10,12-13,16,20,26H,11,14-15H2,1-4H3,(H,27,28,29)/t20-/m1/s1. The third kappa shape index (κ3) is 5.51. The Balaban J connectivity index is 1.82. The molecule has 3 aromatic rings. The average Bonchev–Trinajstić information content (AvgIpc) is 2.75. The number of hydrogen-bond acceptors (Lipinski definition) is 6. The predicted molar refractivity (Wildman–Crippen MR) is 130 cm³/mol. The summed E-state index contributed by atoms with van der Waals surface area (Å²) in [6.07, 6.45) is 0.915. The Morgan fingerprint density at radius 2 is 1.79 bits per heavy atom. The van der Waals surface area contributed by atoms with Gasteiger partial charge in [-0.25, -0.2) is 18.1 Å². The molecule has 2 N–H and O–H groups in total. The van der Waals surface area contributed by atoms with Crippen LogP contribution in [0.3, 0.4) is 0 Å². The molecule has 0 radical (unpaired) electrons. The number of hydrogen-bond donors (Lipinski definition) is 2. The zero-order valence-corrected chi connectivity index (χ0v) is 20.2. The van der Waals surface area contributed by atoms with Crippen LogP contribution in [0.4, 0.5) is 5.95 Å². The highest BCUT2D eigenvalue weighted by molar-refractivity contribution is 7.92. The third-order valence-corrected chi connectivity index (χ3v) is 6.98. The zero-order chi connectivity index (χ0) is 23.6. The van der Waals surface area contributed by atoms with E-state index in [0.29, 0.717) is 30.6 Å². The molecule has 1 aliphatic heterocycles. The van der Waals surface area contributed by atoms with Gasteiger partial charge in [-0.05, 0) is 55.0 Å². The van der Waals surface area contributed by atoms with Crippen LogP contribution in [0.1, 0.15) is 37.0 Å². The predicted octanol–water partition coefficient (Wildman–Crippen LogP) is 4.46. The van der Waals surface area contributed by atoms with Gasteiger partial charge in [-0.3, -0.25) is 0 Å². The van der Waals surface area contributed by atoms with Gasteiger partial charge in [-0.2, -0.15) is 4.98 Å². The van der Waals surface area contributed by atoms with Crippen LogP contribution in [0.15, 0.2) is 53.4 Å². The molecule has 0 saturated carbocycles. The van der Waals surface area contributed by atoms with Gasteiger partial charge in [0.15, 0.2) is 0 Å². The van der Waals surface area contributed by atoms with Crippen LogP contribution in [0.5, 0.6) is 5.88 Å². The first-order valence-electron chi connectivity index (χ1n) is 11.1. The largest absolute Gasteiger partial charge is 0.476 e. The Labute approximate surface area is 195 Å². The summed E-state index contributed by atoms with van der Waals surface area (Å²) in [5.74, 6) is 0.798. The Morgan fingerprint density at radius 3 is 2.52 bits per heavy atom. The molecular weight excluding hydrogens is 436 g/mol. The zero-order valence-electron chi connectivity index (χ0n) is 19.4. The van der Waals surface area contributed by atoms with Crippen molar-refractivity contribution in [2.45, 2.75) is 51.6 Å². The molecule has 0 spiro atoms. The highest BCUT2D eigenvalue weighted by Crippen LogP contribution is 2.29. The van der Waals surface area contributed by atoms with Gasteiger partial charge in [0.05, 0.1) is 10.6 Å². The number of rotatable bonds is 3. The maximum absolute atomic E-state index is 13.1. The Bertz CT molecular complexity index is 1240. The van der Waals surface area contributed by atoms with Crippen molar-refractivity contribution in [3.05, 3.63) is 65.2 Å². The number of benzene rings is 2. The number of aromatic nitrogens is 2. The lowest BCUT2D eigenvalue weighted by Gasteiger charge is -2.21. The van der Waals surface area contributed by atoms with Crippen LogP contribution in [-0.4, -0.2) is 31.0 Å². The first kappa shape index (κ1) is 23.2. The first-order chi connectivity index (χ1) is 15.7. The van der Waals surface area contributed by atoms with Gasteiger partial charge >= 0.3 is 0 Å². The molecule has 0 fully saturated rings. The van der Waals surface area contributed by atoms with Crippen molar-refractivity contribution in [1.29, 1.82) is 0 Å². The van der Waals surface area contributed by atoms with E-state index in [-0.39, 0.29) is 16.9 Å². The second-order valence-corrected chi connectivity index (χ2v) is 10.6. The molecule has 8 heteroatoms. The van der Waals surface area contributed by atoms with Crippen molar-refractivity contribution in [2.24, 2.45) is 5.92 Å². The van der Waals surface area contributed by atoms with Crippen LogP contribution >= 0.6 is 0 Å². The fourth-order valence-corrected chi connectivity index (χ4v) is 5.13. The lowest BCUT2D eigenvalue weighted by molar-refractivity contribution is 0.236. The molecule has 1 aromatic heterocycles. The number of nitrogens with zero attached hydrogens (tertiary/aromatic N) is 2. The Hall–Kier alpha value is -2.97. The number of ether oxygens (including phenoxy) is 1. The smallest absolute Gasteiger partial charge is 0.264 e. The summed E-state index contributed by atoms with van der Waals surface area (Å²) in [6, 6.07) is 14.8. The fourth-order valence-electron chi connectivity index (χ4n) is 4.12. The van der Waals surface area contributed by atoms with Crippen LogP contribution in [-0.2, 0) is 16.6 Å². The summed E-state index contributed by atoms with van der Waals surface area (Å²) in [7, 11) is -3.87. The summed E-state index contributed by atoms with van der Waals surface area (Å²) < 4.78 is 34.9. The van der Waals surface area contributed by atoms with E-state index in [9.17, 15) is 8.42 Å². The summed E-state index contributed by atoms with van der Waals surface area (Å²) >= 11 is 0. The van der Waals surface area contributed by atoms with Crippen molar-refractivity contribution >= 4 is 16.0 Å². The average molecular weight is 467 g/mol. The molecule has 2 aromatic carbocycles. The lowest BCUT2D eigenvalue weighted by Crippen LogP contribution is -2.35. The van der Waals surface area contributed by atoms with Crippen LogP contribution < -0.4 is 14.8 Å². The minimum absolute atomic E-state index is 0.0110. The van der Waals surface area contributed by atoms with Gasteiger partial charge in [0, 0.05) is 24.2 Å². The van der Waals surface area contributed by atoms with Crippen molar-refractivity contribution in [3.8, 4) is 17.1 Å². The van der Waals surface area contributed by atoms with E-state index in [4.69, 9.17) is 4.74 Å². The fraction of sp³-hybridized carbons (Fsp3) is 0.360. The number of sulfonamides is 1. The summed E-state index contributed by atoms with van der Waals surface area (Å²) in [4.78, 5) is 9.10. The summed E-state index contributed by atoms with van der Waals surface area (Å²) in [5, 5.41) is 3.51. The molecule has 2 heterocycles. The molecule has 0 unspecified atom stereocenters. The normalized spacial score (nSPS) is 17.8. The van der Waals surface area contributed by atoms with Crippen molar-refractivity contribution in [3.63, 3.8) is 0 Å². The van der Waals surface area contributed by atoms with E-state index >= 15 is 0 Å². The Morgan fingerprint density at radius 1 is 1.06 bits per heavy atom. The molecule has 7 nitrogen and oxygen atoms in total. The van der Waals surface area contributed by atoms with Crippen LogP contribution in [0.25, 0.3) is 11.3 Å². The highest BCUT2D eigenvalue weighted by Gasteiger charge is 2.21.